The van der Waals surface area contributed by atoms with E-state index in [1.54, 1.807) is 0 Å². The first-order chi connectivity index (χ1) is 13.8. The second-order valence-corrected chi connectivity index (χ2v) is 8.68. The zero-order valence-corrected chi connectivity index (χ0v) is 17.5. The number of anilines is 1. The Kier molecular flexibility index (Phi) is 6.75. The summed E-state index contributed by atoms with van der Waals surface area (Å²) in [7, 11) is 0. The molecule has 2 aromatic carbocycles. The van der Waals surface area contributed by atoms with Crippen LogP contribution < -0.4 is 10.6 Å². The Morgan fingerprint density at radius 3 is 2.48 bits per heavy atom. The van der Waals surface area contributed by atoms with Crippen molar-refractivity contribution in [2.45, 2.75) is 39.2 Å². The lowest BCUT2D eigenvalue weighted by Crippen LogP contribution is -2.42. The molecule has 0 saturated carbocycles. The third kappa shape index (κ3) is 6.46. The summed E-state index contributed by atoms with van der Waals surface area (Å²) in [5, 5.41) is 8.07. The SMILES string of the molecule is CC(C)(C)OC(=O)NCC1CCN(CC(=O)Nc2cccc3ccccc23)CC1. The molecule has 0 atom stereocenters. The molecule has 3 rings (SSSR count). The van der Waals surface area contributed by atoms with Gasteiger partial charge in [0.15, 0.2) is 0 Å². The number of fused-ring (bicyclic) bond motifs is 1. The Labute approximate surface area is 172 Å². The molecule has 6 heteroatoms. The molecule has 0 aromatic heterocycles. The van der Waals surface area contributed by atoms with Crippen molar-refractivity contribution in [2.75, 3.05) is 31.5 Å². The Hall–Kier alpha value is -2.60. The molecule has 0 aliphatic carbocycles. The van der Waals surface area contributed by atoms with Gasteiger partial charge in [-0.3, -0.25) is 9.69 Å². The molecule has 29 heavy (non-hydrogen) atoms. The highest BCUT2D eigenvalue weighted by Gasteiger charge is 2.22. The van der Waals surface area contributed by atoms with Gasteiger partial charge in [-0.05, 0) is 64.1 Å². The topological polar surface area (TPSA) is 70.7 Å². The fourth-order valence-corrected chi connectivity index (χ4v) is 3.62. The van der Waals surface area contributed by atoms with Gasteiger partial charge in [0.05, 0.1) is 6.54 Å². The lowest BCUT2D eigenvalue weighted by Gasteiger charge is -2.31. The van der Waals surface area contributed by atoms with E-state index in [1.807, 2.05) is 63.2 Å². The first-order valence-electron chi connectivity index (χ1n) is 10.3. The third-order valence-electron chi connectivity index (χ3n) is 5.07. The van der Waals surface area contributed by atoms with Gasteiger partial charge in [-0.15, -0.1) is 0 Å². The van der Waals surface area contributed by atoms with E-state index in [9.17, 15) is 9.59 Å². The van der Waals surface area contributed by atoms with Crippen LogP contribution in [0.3, 0.4) is 0 Å². The van der Waals surface area contributed by atoms with Gasteiger partial charge in [-0.1, -0.05) is 36.4 Å². The summed E-state index contributed by atoms with van der Waals surface area (Å²) in [5.74, 6) is 0.423. The number of likely N-dealkylation sites (tertiary alicyclic amines) is 1. The summed E-state index contributed by atoms with van der Waals surface area (Å²) in [6.45, 7) is 8.27. The normalized spacial score (nSPS) is 15.8. The van der Waals surface area contributed by atoms with Crippen molar-refractivity contribution in [1.82, 2.24) is 10.2 Å². The van der Waals surface area contributed by atoms with Crippen molar-refractivity contribution in [2.24, 2.45) is 5.92 Å². The quantitative estimate of drug-likeness (QED) is 0.800. The molecule has 0 spiro atoms. The number of hydrogen-bond donors (Lipinski definition) is 2. The van der Waals surface area contributed by atoms with E-state index in [-0.39, 0.29) is 12.0 Å². The molecule has 1 aliphatic heterocycles. The number of alkyl carbamates (subject to hydrolysis) is 1. The number of amides is 2. The number of rotatable bonds is 5. The minimum Gasteiger partial charge on any atom is -0.444 e. The Bertz CT molecular complexity index is 847. The van der Waals surface area contributed by atoms with Gasteiger partial charge in [0, 0.05) is 17.6 Å². The van der Waals surface area contributed by atoms with E-state index in [0.29, 0.717) is 19.0 Å². The number of carbonyl (C=O) groups is 2. The molecule has 1 heterocycles. The van der Waals surface area contributed by atoms with E-state index >= 15 is 0 Å². The maximum Gasteiger partial charge on any atom is 0.407 e. The highest BCUT2D eigenvalue weighted by atomic mass is 16.6. The number of ether oxygens (including phenoxy) is 1. The van der Waals surface area contributed by atoms with Crippen molar-refractivity contribution >= 4 is 28.5 Å². The molecule has 0 bridgehead atoms. The van der Waals surface area contributed by atoms with Crippen molar-refractivity contribution in [1.29, 1.82) is 0 Å². The first-order valence-corrected chi connectivity index (χ1v) is 10.3. The third-order valence-corrected chi connectivity index (χ3v) is 5.07. The smallest absolute Gasteiger partial charge is 0.407 e. The average molecular weight is 398 g/mol. The Morgan fingerprint density at radius 2 is 1.76 bits per heavy atom. The van der Waals surface area contributed by atoms with Crippen LogP contribution in [0.1, 0.15) is 33.6 Å². The van der Waals surface area contributed by atoms with Crippen LogP contribution in [0.25, 0.3) is 10.8 Å². The highest BCUT2D eigenvalue weighted by molar-refractivity contribution is 6.02. The zero-order valence-electron chi connectivity index (χ0n) is 17.5. The standard InChI is InChI=1S/C23H31N3O3/c1-23(2,3)29-22(28)24-15-17-11-13-26(14-12-17)16-21(27)25-20-10-6-8-18-7-4-5-9-19(18)20/h4-10,17H,11-16H2,1-3H3,(H,24,28)(H,25,27). The van der Waals surface area contributed by atoms with Crippen LogP contribution in [-0.4, -0.2) is 48.7 Å². The molecular weight excluding hydrogens is 366 g/mol. The van der Waals surface area contributed by atoms with Crippen molar-refractivity contribution in [3.05, 3.63) is 42.5 Å². The van der Waals surface area contributed by atoms with E-state index in [0.717, 1.165) is 42.4 Å². The van der Waals surface area contributed by atoms with Gasteiger partial charge >= 0.3 is 6.09 Å². The van der Waals surface area contributed by atoms with Gasteiger partial charge in [0.25, 0.3) is 0 Å². The predicted octanol–water partition coefficient (Wildman–Crippen LogP) is 4.02. The average Bonchev–Trinajstić information content (AvgIpc) is 2.66. The van der Waals surface area contributed by atoms with E-state index in [1.165, 1.54) is 0 Å². The molecule has 6 nitrogen and oxygen atoms in total. The van der Waals surface area contributed by atoms with Gasteiger partial charge < -0.3 is 15.4 Å². The van der Waals surface area contributed by atoms with Crippen LogP contribution in [-0.2, 0) is 9.53 Å². The van der Waals surface area contributed by atoms with Gasteiger partial charge in [-0.25, -0.2) is 4.79 Å². The number of carbonyl (C=O) groups excluding carboxylic acids is 2. The van der Waals surface area contributed by atoms with Crippen LogP contribution >= 0.6 is 0 Å². The Balaban J connectivity index is 1.42. The maximum atomic E-state index is 12.5. The number of benzene rings is 2. The van der Waals surface area contributed by atoms with Gasteiger partial charge in [0.2, 0.25) is 5.91 Å². The molecule has 1 saturated heterocycles. The molecule has 156 valence electrons. The number of hydrogen-bond acceptors (Lipinski definition) is 4. The van der Waals surface area contributed by atoms with E-state index in [2.05, 4.69) is 15.5 Å². The molecule has 1 aliphatic rings. The zero-order chi connectivity index (χ0) is 20.9. The maximum absolute atomic E-state index is 12.5. The molecule has 2 aromatic rings. The summed E-state index contributed by atoms with van der Waals surface area (Å²) < 4.78 is 5.28. The van der Waals surface area contributed by atoms with Crippen LogP contribution in [0.2, 0.25) is 0 Å². The van der Waals surface area contributed by atoms with E-state index in [4.69, 9.17) is 4.74 Å². The molecule has 2 N–H and O–H groups in total. The summed E-state index contributed by atoms with van der Waals surface area (Å²) in [4.78, 5) is 26.5. The minimum atomic E-state index is -0.481. The highest BCUT2D eigenvalue weighted by Crippen LogP contribution is 2.23. The molecule has 1 fully saturated rings. The second kappa shape index (κ2) is 9.27. The van der Waals surface area contributed by atoms with Crippen LogP contribution in [0.4, 0.5) is 10.5 Å². The molecule has 0 unspecified atom stereocenters. The number of nitrogens with one attached hydrogen (secondary N) is 2. The molecule has 0 radical (unpaired) electrons. The predicted molar refractivity (Wildman–Crippen MR) is 116 cm³/mol. The molecular formula is C23H31N3O3. The van der Waals surface area contributed by atoms with Crippen LogP contribution in [0.5, 0.6) is 0 Å². The van der Waals surface area contributed by atoms with Crippen molar-refractivity contribution in [3.63, 3.8) is 0 Å². The summed E-state index contributed by atoms with van der Waals surface area (Å²) in [5.41, 5.74) is 0.370. The Morgan fingerprint density at radius 1 is 1.07 bits per heavy atom. The van der Waals surface area contributed by atoms with Gasteiger partial charge in [-0.2, -0.15) is 0 Å². The van der Waals surface area contributed by atoms with E-state index < -0.39 is 5.60 Å². The second-order valence-electron chi connectivity index (χ2n) is 8.68. The lowest BCUT2D eigenvalue weighted by atomic mass is 9.97. The number of piperidine rings is 1. The monoisotopic (exact) mass is 397 g/mol. The summed E-state index contributed by atoms with van der Waals surface area (Å²) in [6, 6.07) is 14.0. The minimum absolute atomic E-state index is 0.00619. The largest absolute Gasteiger partial charge is 0.444 e. The molecule has 2 amide bonds. The summed E-state index contributed by atoms with van der Waals surface area (Å²) >= 11 is 0. The number of nitrogens with zero attached hydrogens (tertiary/aromatic N) is 1. The van der Waals surface area contributed by atoms with Crippen molar-refractivity contribution < 1.29 is 14.3 Å². The lowest BCUT2D eigenvalue weighted by molar-refractivity contribution is -0.117. The fraction of sp³-hybridized carbons (Fsp3) is 0.478. The summed E-state index contributed by atoms with van der Waals surface area (Å²) in [6.07, 6.45) is 1.55. The van der Waals surface area contributed by atoms with Crippen LogP contribution in [0, 0.1) is 5.92 Å². The van der Waals surface area contributed by atoms with Gasteiger partial charge in [0.1, 0.15) is 5.60 Å². The van der Waals surface area contributed by atoms with Crippen LogP contribution in [0.15, 0.2) is 42.5 Å². The first kappa shape index (κ1) is 21.1. The van der Waals surface area contributed by atoms with Crippen molar-refractivity contribution in [3.8, 4) is 0 Å². The fourth-order valence-electron chi connectivity index (χ4n) is 3.62.